The minimum Gasteiger partial charge on any atom is -0.385 e. The van der Waals surface area contributed by atoms with Crippen LogP contribution in [0.1, 0.15) is 23.6 Å². The number of rotatable bonds is 7. The summed E-state index contributed by atoms with van der Waals surface area (Å²) in [6.07, 6.45) is 0.751. The minimum absolute atomic E-state index is 0.109. The largest absolute Gasteiger partial charge is 0.385 e. The average Bonchev–Trinajstić information content (AvgIpc) is 3.13. The quantitative estimate of drug-likeness (QED) is 0.696. The van der Waals surface area contributed by atoms with Crippen LogP contribution in [0.25, 0.3) is 0 Å². The third-order valence-corrected chi connectivity index (χ3v) is 5.70. The number of ether oxygens (including phenoxy) is 1. The lowest BCUT2D eigenvalue weighted by Gasteiger charge is -2.25. The molecule has 2 aromatic rings. The zero-order valence-corrected chi connectivity index (χ0v) is 17.4. The highest BCUT2D eigenvalue weighted by atomic mass is 32.2. The summed E-state index contributed by atoms with van der Waals surface area (Å²) in [4.78, 5) is 36.4. The number of carbonyl (C=O) groups excluding carboxylic acids is 2. The maximum Gasteiger partial charge on any atom is 0.263 e. The molecule has 154 valence electrons. The van der Waals surface area contributed by atoms with Gasteiger partial charge in [0, 0.05) is 25.8 Å². The Hall–Kier alpha value is -2.97. The van der Waals surface area contributed by atoms with Crippen LogP contribution < -0.4 is 5.32 Å². The summed E-state index contributed by atoms with van der Waals surface area (Å²) in [5, 5.41) is 3.33. The monoisotopic (exact) mass is 422 g/mol. The first kappa shape index (κ1) is 20.3. The maximum atomic E-state index is 13.3. The van der Waals surface area contributed by atoms with Gasteiger partial charge >= 0.3 is 0 Å². The number of aliphatic imine (C=N–C) groups is 2. The summed E-state index contributed by atoms with van der Waals surface area (Å²) in [6.45, 7) is 1.15. The number of benzene rings is 2. The van der Waals surface area contributed by atoms with Crippen LogP contribution in [-0.4, -0.2) is 53.7 Å². The van der Waals surface area contributed by atoms with E-state index in [4.69, 9.17) is 9.73 Å². The van der Waals surface area contributed by atoms with Crippen LogP contribution in [0, 0.1) is 0 Å². The second-order valence-electron chi connectivity index (χ2n) is 6.84. The maximum absolute atomic E-state index is 13.3. The van der Waals surface area contributed by atoms with Gasteiger partial charge in [-0.25, -0.2) is 14.9 Å². The van der Waals surface area contributed by atoms with Crippen molar-refractivity contribution in [2.24, 2.45) is 9.98 Å². The summed E-state index contributed by atoms with van der Waals surface area (Å²) in [7, 11) is 1.63. The minimum atomic E-state index is -0.610. The molecule has 0 unspecified atom stereocenters. The number of nitrogens with one attached hydrogen (secondary N) is 1. The zero-order valence-electron chi connectivity index (χ0n) is 16.6. The molecule has 2 heterocycles. The molecule has 1 atom stereocenters. The lowest BCUT2D eigenvalue weighted by Crippen LogP contribution is -2.40. The molecule has 0 radical (unpaired) electrons. The molecule has 1 N–H and O–H groups in total. The summed E-state index contributed by atoms with van der Waals surface area (Å²) in [5.74, 6) is 0.489. The van der Waals surface area contributed by atoms with Gasteiger partial charge in [-0.2, -0.15) is 0 Å². The Balaban J connectivity index is 1.55. The summed E-state index contributed by atoms with van der Waals surface area (Å²) < 4.78 is 4.98. The molecule has 2 aliphatic rings. The van der Waals surface area contributed by atoms with Gasteiger partial charge in [-0.3, -0.25) is 9.59 Å². The Labute approximate surface area is 179 Å². The molecular formula is C22H22N4O3S. The molecule has 0 aromatic heterocycles. The van der Waals surface area contributed by atoms with E-state index in [1.165, 1.54) is 11.8 Å². The van der Waals surface area contributed by atoms with Gasteiger partial charge in [0.2, 0.25) is 5.91 Å². The van der Waals surface area contributed by atoms with Crippen LogP contribution in [0.2, 0.25) is 0 Å². The number of hydrogen-bond acceptors (Lipinski definition) is 6. The van der Waals surface area contributed by atoms with E-state index in [-0.39, 0.29) is 17.6 Å². The Morgan fingerprint density at radius 2 is 1.93 bits per heavy atom. The van der Waals surface area contributed by atoms with E-state index < -0.39 is 6.04 Å². The van der Waals surface area contributed by atoms with E-state index in [0.717, 1.165) is 23.2 Å². The molecule has 2 amide bonds. The number of fused-ring (bicyclic) bond motifs is 3. The molecule has 0 spiro atoms. The zero-order chi connectivity index (χ0) is 20.9. The lowest BCUT2D eigenvalue weighted by atomic mass is 10.1. The predicted octanol–water partition coefficient (Wildman–Crippen LogP) is 2.90. The number of methoxy groups -OCH3 is 1. The van der Waals surface area contributed by atoms with E-state index in [2.05, 4.69) is 10.3 Å². The summed E-state index contributed by atoms with van der Waals surface area (Å²) in [5.41, 5.74) is 2.40. The van der Waals surface area contributed by atoms with E-state index in [0.29, 0.717) is 24.2 Å². The van der Waals surface area contributed by atoms with Gasteiger partial charge in [0.15, 0.2) is 11.2 Å². The van der Waals surface area contributed by atoms with Gasteiger partial charge in [-0.1, -0.05) is 54.2 Å². The molecule has 0 aliphatic carbocycles. The van der Waals surface area contributed by atoms with Crippen molar-refractivity contribution in [1.82, 2.24) is 10.2 Å². The first-order valence-electron chi connectivity index (χ1n) is 9.72. The SMILES string of the molecule is COCCCNC(=O)CSC1=Nc2ccccc2C2=N[C@@H](c3ccccc3)C(=O)N12. The molecule has 7 nitrogen and oxygen atoms in total. The van der Waals surface area contributed by atoms with Crippen molar-refractivity contribution >= 4 is 40.3 Å². The van der Waals surface area contributed by atoms with Crippen LogP contribution in [-0.2, 0) is 14.3 Å². The average molecular weight is 423 g/mol. The van der Waals surface area contributed by atoms with Crippen molar-refractivity contribution in [3.8, 4) is 0 Å². The molecule has 2 aromatic carbocycles. The summed E-state index contributed by atoms with van der Waals surface area (Å²) >= 11 is 1.24. The van der Waals surface area contributed by atoms with E-state index in [9.17, 15) is 9.59 Å². The van der Waals surface area contributed by atoms with Gasteiger partial charge in [0.25, 0.3) is 5.91 Å². The normalized spacial score (nSPS) is 17.2. The smallest absolute Gasteiger partial charge is 0.263 e. The Bertz CT molecular complexity index is 1010. The molecule has 0 saturated heterocycles. The van der Waals surface area contributed by atoms with Crippen molar-refractivity contribution in [2.75, 3.05) is 26.0 Å². The number of hydrogen-bond donors (Lipinski definition) is 1. The van der Waals surface area contributed by atoms with Crippen LogP contribution in [0.3, 0.4) is 0 Å². The van der Waals surface area contributed by atoms with Crippen LogP contribution in [0.15, 0.2) is 64.6 Å². The number of nitrogens with zero attached hydrogens (tertiary/aromatic N) is 3. The second-order valence-corrected chi connectivity index (χ2v) is 7.78. The van der Waals surface area contributed by atoms with Gasteiger partial charge in [0.05, 0.1) is 11.4 Å². The fourth-order valence-corrected chi connectivity index (χ4v) is 4.16. The van der Waals surface area contributed by atoms with Crippen molar-refractivity contribution in [3.05, 3.63) is 65.7 Å². The van der Waals surface area contributed by atoms with Gasteiger partial charge < -0.3 is 10.1 Å². The Morgan fingerprint density at radius 1 is 1.17 bits per heavy atom. The van der Waals surface area contributed by atoms with E-state index in [1.807, 2.05) is 54.6 Å². The van der Waals surface area contributed by atoms with Crippen molar-refractivity contribution in [3.63, 3.8) is 0 Å². The molecule has 30 heavy (non-hydrogen) atoms. The van der Waals surface area contributed by atoms with Crippen LogP contribution in [0.5, 0.6) is 0 Å². The third-order valence-electron chi connectivity index (χ3n) is 4.76. The first-order valence-corrected chi connectivity index (χ1v) is 10.7. The number of para-hydroxylation sites is 1. The fraction of sp³-hybridized carbons (Fsp3) is 0.273. The van der Waals surface area contributed by atoms with Crippen LogP contribution >= 0.6 is 11.8 Å². The molecule has 8 heteroatoms. The molecular weight excluding hydrogens is 400 g/mol. The number of carbonyl (C=O) groups is 2. The molecule has 4 rings (SSSR count). The summed E-state index contributed by atoms with van der Waals surface area (Å²) in [6, 6.07) is 16.5. The molecule has 2 aliphatic heterocycles. The topological polar surface area (TPSA) is 83.4 Å². The highest BCUT2D eigenvalue weighted by molar-refractivity contribution is 8.14. The standard InChI is InChI=1S/C22H22N4O3S/c1-29-13-7-12-23-18(27)14-30-22-24-17-11-6-5-10-16(17)20-25-19(21(28)26(20)22)15-8-3-2-4-9-15/h2-6,8-11,19H,7,12-14H2,1H3,(H,23,27)/t19-/m0/s1. The predicted molar refractivity (Wildman–Crippen MR) is 118 cm³/mol. The molecule has 0 fully saturated rings. The van der Waals surface area contributed by atoms with E-state index in [1.54, 1.807) is 12.0 Å². The number of amides is 2. The Kier molecular flexibility index (Phi) is 6.25. The lowest BCUT2D eigenvalue weighted by molar-refractivity contribution is -0.124. The van der Waals surface area contributed by atoms with Crippen molar-refractivity contribution in [1.29, 1.82) is 0 Å². The van der Waals surface area contributed by atoms with Gasteiger partial charge in [0.1, 0.15) is 5.84 Å². The third kappa shape index (κ3) is 4.15. The number of thioether (sulfide) groups is 1. The first-order chi connectivity index (χ1) is 14.7. The Morgan fingerprint density at radius 3 is 2.73 bits per heavy atom. The molecule has 0 bridgehead atoms. The van der Waals surface area contributed by atoms with Crippen molar-refractivity contribution in [2.45, 2.75) is 12.5 Å². The van der Waals surface area contributed by atoms with Gasteiger partial charge in [-0.15, -0.1) is 0 Å². The highest BCUT2D eigenvalue weighted by Crippen LogP contribution is 2.37. The van der Waals surface area contributed by atoms with Crippen LogP contribution in [0.4, 0.5) is 5.69 Å². The van der Waals surface area contributed by atoms with Gasteiger partial charge in [-0.05, 0) is 24.1 Å². The fourth-order valence-electron chi connectivity index (χ4n) is 3.32. The highest BCUT2D eigenvalue weighted by Gasteiger charge is 2.42. The van der Waals surface area contributed by atoms with Crippen molar-refractivity contribution < 1.29 is 14.3 Å². The molecule has 0 saturated carbocycles. The number of amidine groups is 2. The van der Waals surface area contributed by atoms with E-state index >= 15 is 0 Å². The second kappa shape index (κ2) is 9.23.